The zero-order chi connectivity index (χ0) is 16.9. The first-order valence-corrected chi connectivity index (χ1v) is 8.83. The maximum Gasteiger partial charge on any atom is 0.226 e. The fourth-order valence-corrected chi connectivity index (χ4v) is 3.30. The average Bonchev–Trinajstić information content (AvgIpc) is 2.99. The van der Waals surface area contributed by atoms with Gasteiger partial charge >= 0.3 is 0 Å². The van der Waals surface area contributed by atoms with Crippen LogP contribution in [-0.2, 0) is 11.3 Å². The zero-order valence-corrected chi connectivity index (χ0v) is 14.7. The quantitative estimate of drug-likeness (QED) is 0.894. The van der Waals surface area contributed by atoms with Crippen LogP contribution in [0.15, 0.2) is 30.6 Å². The third kappa shape index (κ3) is 4.29. The van der Waals surface area contributed by atoms with Gasteiger partial charge in [-0.3, -0.25) is 9.48 Å². The van der Waals surface area contributed by atoms with Crippen molar-refractivity contribution in [2.75, 3.05) is 23.3 Å². The van der Waals surface area contributed by atoms with Crippen molar-refractivity contribution in [1.82, 2.24) is 9.78 Å². The summed E-state index contributed by atoms with van der Waals surface area (Å²) in [7, 11) is 0. The number of hydrogen-bond acceptors (Lipinski definition) is 3. The average molecular weight is 347 g/mol. The molecule has 0 spiro atoms. The van der Waals surface area contributed by atoms with Gasteiger partial charge in [-0.05, 0) is 49.9 Å². The Hall–Kier alpha value is -2.01. The second kappa shape index (κ2) is 7.71. The van der Waals surface area contributed by atoms with Gasteiger partial charge in [-0.25, -0.2) is 0 Å². The van der Waals surface area contributed by atoms with Crippen molar-refractivity contribution in [3.05, 3.63) is 41.2 Å². The standard InChI is InChI=1S/C18H23ClN4O/c1-14-12-20-23(13-14)10-7-18(24)21-15-5-6-17(16(19)11-15)22-8-3-2-4-9-22/h5-6,11-13H,2-4,7-10H2,1H3,(H,21,24). The first kappa shape index (κ1) is 16.8. The minimum atomic E-state index is -0.0371. The lowest BCUT2D eigenvalue weighted by Gasteiger charge is -2.29. The van der Waals surface area contributed by atoms with E-state index < -0.39 is 0 Å². The first-order valence-electron chi connectivity index (χ1n) is 8.45. The Labute approximate surface area is 147 Å². The molecule has 0 saturated carbocycles. The zero-order valence-electron chi connectivity index (χ0n) is 14.0. The molecule has 1 aliphatic rings. The summed E-state index contributed by atoms with van der Waals surface area (Å²) in [6, 6.07) is 5.76. The minimum absolute atomic E-state index is 0.0371. The van der Waals surface area contributed by atoms with Gasteiger partial charge in [0.15, 0.2) is 0 Å². The molecule has 1 aliphatic heterocycles. The molecule has 0 atom stereocenters. The lowest BCUT2D eigenvalue weighted by molar-refractivity contribution is -0.116. The van der Waals surface area contributed by atoms with Gasteiger partial charge in [-0.2, -0.15) is 5.10 Å². The predicted octanol–water partition coefficient (Wildman–Crippen LogP) is 3.86. The van der Waals surface area contributed by atoms with Crippen LogP contribution in [-0.4, -0.2) is 28.8 Å². The van der Waals surface area contributed by atoms with E-state index in [1.165, 1.54) is 19.3 Å². The molecule has 0 aliphatic carbocycles. The molecule has 24 heavy (non-hydrogen) atoms. The summed E-state index contributed by atoms with van der Waals surface area (Å²) in [6.45, 7) is 4.65. The monoisotopic (exact) mass is 346 g/mol. The Morgan fingerprint density at radius 1 is 1.29 bits per heavy atom. The van der Waals surface area contributed by atoms with Crippen LogP contribution in [0.3, 0.4) is 0 Å². The van der Waals surface area contributed by atoms with Crippen molar-refractivity contribution in [3.63, 3.8) is 0 Å². The molecule has 0 unspecified atom stereocenters. The first-order chi connectivity index (χ1) is 11.6. The van der Waals surface area contributed by atoms with Crippen molar-refractivity contribution in [2.45, 2.75) is 39.2 Å². The van der Waals surface area contributed by atoms with Gasteiger partial charge in [0, 0.05) is 37.9 Å². The van der Waals surface area contributed by atoms with E-state index >= 15 is 0 Å². The third-order valence-corrected chi connectivity index (χ3v) is 4.56. The highest BCUT2D eigenvalue weighted by atomic mass is 35.5. The van der Waals surface area contributed by atoms with Gasteiger partial charge in [0.25, 0.3) is 0 Å². The van der Waals surface area contributed by atoms with E-state index in [1.54, 1.807) is 10.9 Å². The molecular formula is C18H23ClN4O. The highest BCUT2D eigenvalue weighted by molar-refractivity contribution is 6.33. The second-order valence-electron chi connectivity index (χ2n) is 6.29. The summed E-state index contributed by atoms with van der Waals surface area (Å²) >= 11 is 6.41. The lowest BCUT2D eigenvalue weighted by Crippen LogP contribution is -2.29. The Bertz CT molecular complexity index is 707. The molecule has 2 heterocycles. The van der Waals surface area contributed by atoms with Crippen LogP contribution in [0, 0.1) is 6.92 Å². The number of benzene rings is 1. The summed E-state index contributed by atoms with van der Waals surface area (Å²) < 4.78 is 1.78. The molecule has 1 saturated heterocycles. The highest BCUT2D eigenvalue weighted by Crippen LogP contribution is 2.30. The van der Waals surface area contributed by atoms with E-state index in [0.717, 1.165) is 30.0 Å². The topological polar surface area (TPSA) is 50.2 Å². The molecule has 1 aromatic heterocycles. The minimum Gasteiger partial charge on any atom is -0.370 e. The van der Waals surface area contributed by atoms with Gasteiger partial charge in [-0.1, -0.05) is 11.6 Å². The number of halogens is 1. The number of rotatable bonds is 5. The van der Waals surface area contributed by atoms with Crippen LogP contribution >= 0.6 is 11.6 Å². The Kier molecular flexibility index (Phi) is 5.41. The number of nitrogens with zero attached hydrogens (tertiary/aromatic N) is 3. The van der Waals surface area contributed by atoms with Gasteiger partial charge in [0.2, 0.25) is 5.91 Å². The highest BCUT2D eigenvalue weighted by Gasteiger charge is 2.14. The third-order valence-electron chi connectivity index (χ3n) is 4.26. The van der Waals surface area contributed by atoms with Crippen LogP contribution in [0.2, 0.25) is 5.02 Å². The molecule has 0 radical (unpaired) electrons. The van der Waals surface area contributed by atoms with Crippen molar-refractivity contribution in [3.8, 4) is 0 Å². The van der Waals surface area contributed by atoms with Gasteiger partial charge in [0.05, 0.1) is 16.9 Å². The number of nitrogens with one attached hydrogen (secondary N) is 1. The lowest BCUT2D eigenvalue weighted by atomic mass is 10.1. The van der Waals surface area contributed by atoms with Gasteiger partial charge < -0.3 is 10.2 Å². The van der Waals surface area contributed by atoms with Crippen molar-refractivity contribution >= 4 is 28.9 Å². The number of amides is 1. The van der Waals surface area contributed by atoms with Gasteiger partial charge in [0.1, 0.15) is 0 Å². The molecule has 3 rings (SSSR count). The summed E-state index contributed by atoms with van der Waals surface area (Å²) in [6.07, 6.45) is 7.81. The Morgan fingerprint density at radius 2 is 2.08 bits per heavy atom. The molecule has 2 aromatic rings. The predicted molar refractivity (Wildman–Crippen MR) is 97.7 cm³/mol. The van der Waals surface area contributed by atoms with Crippen LogP contribution in [0.25, 0.3) is 0 Å². The van der Waals surface area contributed by atoms with Gasteiger partial charge in [-0.15, -0.1) is 0 Å². The number of aryl methyl sites for hydroxylation is 2. The second-order valence-corrected chi connectivity index (χ2v) is 6.70. The number of anilines is 2. The van der Waals surface area contributed by atoms with Crippen molar-refractivity contribution in [1.29, 1.82) is 0 Å². The summed E-state index contributed by atoms with van der Waals surface area (Å²) in [4.78, 5) is 14.4. The van der Waals surface area contributed by atoms with Crippen LogP contribution in [0.1, 0.15) is 31.2 Å². The van der Waals surface area contributed by atoms with E-state index in [2.05, 4.69) is 15.3 Å². The molecule has 1 N–H and O–H groups in total. The van der Waals surface area contributed by atoms with Crippen molar-refractivity contribution in [2.24, 2.45) is 0 Å². The van der Waals surface area contributed by atoms with E-state index in [4.69, 9.17) is 11.6 Å². The number of aromatic nitrogens is 2. The van der Waals surface area contributed by atoms with Crippen molar-refractivity contribution < 1.29 is 4.79 Å². The van der Waals surface area contributed by atoms with E-state index in [9.17, 15) is 4.79 Å². The molecule has 5 nitrogen and oxygen atoms in total. The Morgan fingerprint density at radius 3 is 2.75 bits per heavy atom. The molecule has 128 valence electrons. The van der Waals surface area contributed by atoms with Crippen LogP contribution in [0.4, 0.5) is 11.4 Å². The summed E-state index contributed by atoms with van der Waals surface area (Å²) in [5.74, 6) is -0.0371. The van der Waals surface area contributed by atoms with Crippen LogP contribution in [0.5, 0.6) is 0 Å². The van der Waals surface area contributed by atoms with E-state index in [1.807, 2.05) is 31.3 Å². The van der Waals surface area contributed by atoms with Crippen LogP contribution < -0.4 is 10.2 Å². The summed E-state index contributed by atoms with van der Waals surface area (Å²) in [5.41, 5.74) is 2.89. The fourth-order valence-electron chi connectivity index (χ4n) is 3.00. The Balaban J connectivity index is 1.56. The molecule has 1 aromatic carbocycles. The smallest absolute Gasteiger partial charge is 0.226 e. The molecule has 1 amide bonds. The normalized spacial score (nSPS) is 14.7. The fraction of sp³-hybridized carbons (Fsp3) is 0.444. The maximum atomic E-state index is 12.1. The number of carbonyl (C=O) groups excluding carboxylic acids is 1. The SMILES string of the molecule is Cc1cnn(CCC(=O)Nc2ccc(N3CCCCC3)c(Cl)c2)c1. The molecule has 6 heteroatoms. The number of carbonyl (C=O) groups is 1. The molecule has 1 fully saturated rings. The number of piperidine rings is 1. The van der Waals surface area contributed by atoms with E-state index in [-0.39, 0.29) is 5.91 Å². The molecule has 0 bridgehead atoms. The van der Waals surface area contributed by atoms with E-state index in [0.29, 0.717) is 18.0 Å². The largest absolute Gasteiger partial charge is 0.370 e. The molecular weight excluding hydrogens is 324 g/mol. The summed E-state index contributed by atoms with van der Waals surface area (Å²) in [5, 5.41) is 7.78. The maximum absolute atomic E-state index is 12.1. The number of hydrogen-bond donors (Lipinski definition) is 1.